The number of carbonyl (C=O) groups excluding carboxylic acids is 2. The lowest BCUT2D eigenvalue weighted by molar-refractivity contribution is -0.129. The van der Waals surface area contributed by atoms with Gasteiger partial charge in [0.1, 0.15) is 0 Å². The molecular formula is C21H22N4O3S2. The summed E-state index contributed by atoms with van der Waals surface area (Å²) in [5, 5.41) is 10.4. The van der Waals surface area contributed by atoms with Crippen LogP contribution in [0.5, 0.6) is 0 Å². The van der Waals surface area contributed by atoms with E-state index in [0.29, 0.717) is 37.3 Å². The molecule has 0 radical (unpaired) electrons. The molecule has 4 rings (SSSR count). The molecule has 0 atom stereocenters. The molecule has 0 unspecified atom stereocenters. The Balaban J connectivity index is 1.28. The first-order valence-electron chi connectivity index (χ1n) is 9.66. The van der Waals surface area contributed by atoms with E-state index < -0.39 is 0 Å². The highest BCUT2D eigenvalue weighted by Gasteiger charge is 2.25. The Bertz CT molecular complexity index is 1040. The molecule has 0 N–H and O–H groups in total. The lowest BCUT2D eigenvalue weighted by Crippen LogP contribution is -2.51. The number of carbonyl (C=O) groups is 2. The summed E-state index contributed by atoms with van der Waals surface area (Å²) in [5.41, 5.74) is 3.23. The largest absolute Gasteiger partial charge is 0.411 e. The molecule has 2 aromatic heterocycles. The van der Waals surface area contributed by atoms with Crippen LogP contribution in [0, 0.1) is 13.8 Å². The molecule has 0 bridgehead atoms. The standard InChI is InChI=1S/C21H22N4O3S2/c1-14-5-6-16(12-15(14)2)19-22-23-21(28-19)30-13-18(26)24-7-9-25(10-8-24)20(27)17-4-3-11-29-17/h3-6,11-12H,7-10,13H2,1-2H3. The summed E-state index contributed by atoms with van der Waals surface area (Å²) in [6.07, 6.45) is 0. The van der Waals surface area contributed by atoms with Crippen molar-refractivity contribution >= 4 is 34.9 Å². The molecule has 2 amide bonds. The van der Waals surface area contributed by atoms with Gasteiger partial charge in [-0.15, -0.1) is 21.5 Å². The van der Waals surface area contributed by atoms with Gasteiger partial charge in [-0.1, -0.05) is 23.9 Å². The van der Waals surface area contributed by atoms with Crippen LogP contribution in [-0.2, 0) is 4.79 Å². The molecule has 30 heavy (non-hydrogen) atoms. The van der Waals surface area contributed by atoms with Crippen LogP contribution >= 0.6 is 23.1 Å². The van der Waals surface area contributed by atoms with Crippen LogP contribution in [-0.4, -0.2) is 63.7 Å². The molecule has 1 aromatic carbocycles. The smallest absolute Gasteiger partial charge is 0.277 e. The highest BCUT2D eigenvalue weighted by molar-refractivity contribution is 7.99. The van der Waals surface area contributed by atoms with Crippen molar-refractivity contribution in [2.24, 2.45) is 0 Å². The molecule has 1 fully saturated rings. The number of amides is 2. The number of hydrogen-bond acceptors (Lipinski definition) is 7. The van der Waals surface area contributed by atoms with Crippen LogP contribution in [0.4, 0.5) is 0 Å². The van der Waals surface area contributed by atoms with Crippen molar-refractivity contribution in [3.8, 4) is 11.5 Å². The number of aromatic nitrogens is 2. The van der Waals surface area contributed by atoms with Crippen LogP contribution in [0.15, 0.2) is 45.4 Å². The molecule has 3 aromatic rings. The fraction of sp³-hybridized carbons (Fsp3) is 0.333. The molecule has 1 aliphatic heterocycles. The fourth-order valence-corrected chi connectivity index (χ4v) is 4.55. The van der Waals surface area contributed by atoms with Crippen molar-refractivity contribution in [1.82, 2.24) is 20.0 Å². The monoisotopic (exact) mass is 442 g/mol. The van der Waals surface area contributed by atoms with Gasteiger partial charge in [0.15, 0.2) is 0 Å². The van der Waals surface area contributed by atoms with Gasteiger partial charge in [-0.2, -0.15) is 0 Å². The lowest BCUT2D eigenvalue weighted by Gasteiger charge is -2.34. The van der Waals surface area contributed by atoms with E-state index in [1.165, 1.54) is 28.7 Å². The molecule has 9 heteroatoms. The van der Waals surface area contributed by atoms with Crippen LogP contribution in [0.3, 0.4) is 0 Å². The summed E-state index contributed by atoms with van der Waals surface area (Å²) in [4.78, 5) is 29.3. The van der Waals surface area contributed by atoms with E-state index in [4.69, 9.17) is 4.42 Å². The Morgan fingerprint density at radius 3 is 2.53 bits per heavy atom. The van der Waals surface area contributed by atoms with Crippen molar-refractivity contribution in [2.45, 2.75) is 19.1 Å². The topological polar surface area (TPSA) is 79.5 Å². The maximum absolute atomic E-state index is 12.5. The summed E-state index contributed by atoms with van der Waals surface area (Å²) >= 11 is 2.68. The van der Waals surface area contributed by atoms with E-state index >= 15 is 0 Å². The number of piperazine rings is 1. The molecule has 156 valence electrons. The van der Waals surface area contributed by atoms with Crippen molar-refractivity contribution in [1.29, 1.82) is 0 Å². The van der Waals surface area contributed by atoms with Crippen LogP contribution in [0.2, 0.25) is 0 Å². The number of aryl methyl sites for hydroxylation is 2. The van der Waals surface area contributed by atoms with E-state index in [9.17, 15) is 9.59 Å². The summed E-state index contributed by atoms with van der Waals surface area (Å²) < 4.78 is 5.71. The van der Waals surface area contributed by atoms with E-state index in [1.54, 1.807) is 9.80 Å². The Hall–Kier alpha value is -2.65. The van der Waals surface area contributed by atoms with Crippen molar-refractivity contribution in [2.75, 3.05) is 31.9 Å². The summed E-state index contributed by atoms with van der Waals surface area (Å²) in [6, 6.07) is 9.69. The molecule has 1 saturated heterocycles. The molecule has 7 nitrogen and oxygen atoms in total. The molecule has 0 spiro atoms. The SMILES string of the molecule is Cc1ccc(-c2nnc(SCC(=O)N3CCN(C(=O)c4cccs4)CC3)o2)cc1C. The summed E-state index contributed by atoms with van der Waals surface area (Å²) in [7, 11) is 0. The number of benzene rings is 1. The number of hydrogen-bond donors (Lipinski definition) is 0. The summed E-state index contributed by atoms with van der Waals surface area (Å²) in [5.74, 6) is 0.729. The van der Waals surface area contributed by atoms with Crippen molar-refractivity contribution in [3.63, 3.8) is 0 Å². The number of nitrogens with zero attached hydrogens (tertiary/aromatic N) is 4. The average Bonchev–Trinajstić information content (AvgIpc) is 3.46. The zero-order valence-electron chi connectivity index (χ0n) is 16.8. The minimum Gasteiger partial charge on any atom is -0.411 e. The number of rotatable bonds is 5. The molecule has 0 aliphatic carbocycles. The maximum Gasteiger partial charge on any atom is 0.277 e. The first-order chi connectivity index (χ1) is 14.5. The molecule has 3 heterocycles. The number of thiophene rings is 1. The molecule has 0 saturated carbocycles. The minimum absolute atomic E-state index is 0.00847. The summed E-state index contributed by atoms with van der Waals surface area (Å²) in [6.45, 7) is 6.26. The Morgan fingerprint density at radius 2 is 1.83 bits per heavy atom. The highest BCUT2D eigenvalue weighted by atomic mass is 32.2. The second-order valence-corrected chi connectivity index (χ2v) is 8.99. The quantitative estimate of drug-likeness (QED) is 0.563. The maximum atomic E-state index is 12.5. The van der Waals surface area contributed by atoms with Crippen molar-refractivity contribution < 1.29 is 14.0 Å². The average molecular weight is 443 g/mol. The first kappa shape index (κ1) is 20.6. The predicted molar refractivity (Wildman–Crippen MR) is 117 cm³/mol. The zero-order valence-corrected chi connectivity index (χ0v) is 18.5. The number of thioether (sulfide) groups is 1. The third kappa shape index (κ3) is 4.57. The predicted octanol–water partition coefficient (Wildman–Crippen LogP) is 3.49. The van der Waals surface area contributed by atoms with Crippen LogP contribution in [0.1, 0.15) is 20.8 Å². The Labute approximate surface area is 183 Å². The zero-order chi connectivity index (χ0) is 21.1. The molecule has 1 aliphatic rings. The third-order valence-electron chi connectivity index (χ3n) is 5.13. The van der Waals surface area contributed by atoms with E-state index in [1.807, 2.05) is 42.6 Å². The normalized spacial score (nSPS) is 14.2. The van der Waals surface area contributed by atoms with Gasteiger partial charge in [0.05, 0.1) is 10.6 Å². The van der Waals surface area contributed by atoms with E-state index in [0.717, 1.165) is 16.0 Å². The van der Waals surface area contributed by atoms with E-state index in [-0.39, 0.29) is 17.6 Å². The van der Waals surface area contributed by atoms with Gasteiger partial charge in [0.25, 0.3) is 11.1 Å². The first-order valence-corrected chi connectivity index (χ1v) is 11.5. The van der Waals surface area contributed by atoms with Gasteiger partial charge in [-0.05, 0) is 48.6 Å². The minimum atomic E-state index is 0.00847. The van der Waals surface area contributed by atoms with Gasteiger partial charge in [-0.25, -0.2) is 0 Å². The molecular weight excluding hydrogens is 420 g/mol. The highest BCUT2D eigenvalue weighted by Crippen LogP contribution is 2.25. The van der Waals surface area contributed by atoms with E-state index in [2.05, 4.69) is 17.1 Å². The van der Waals surface area contributed by atoms with Gasteiger partial charge in [-0.3, -0.25) is 9.59 Å². The second-order valence-electron chi connectivity index (χ2n) is 7.11. The van der Waals surface area contributed by atoms with Crippen molar-refractivity contribution in [3.05, 3.63) is 51.7 Å². The van der Waals surface area contributed by atoms with Gasteiger partial charge in [0.2, 0.25) is 11.8 Å². The second kappa shape index (κ2) is 9.01. The lowest BCUT2D eigenvalue weighted by atomic mass is 10.1. The van der Waals surface area contributed by atoms with Crippen LogP contribution in [0.25, 0.3) is 11.5 Å². The Morgan fingerprint density at radius 1 is 1.07 bits per heavy atom. The fourth-order valence-electron chi connectivity index (χ4n) is 3.19. The third-order valence-corrected chi connectivity index (χ3v) is 6.79. The van der Waals surface area contributed by atoms with Crippen LogP contribution < -0.4 is 0 Å². The Kier molecular flexibility index (Phi) is 6.19. The van der Waals surface area contributed by atoms with Gasteiger partial charge >= 0.3 is 0 Å². The van der Waals surface area contributed by atoms with Gasteiger partial charge in [0, 0.05) is 31.7 Å². The van der Waals surface area contributed by atoms with Gasteiger partial charge < -0.3 is 14.2 Å².